The minimum atomic E-state index is -1.10. The van der Waals surface area contributed by atoms with E-state index in [9.17, 15) is 9.59 Å². The summed E-state index contributed by atoms with van der Waals surface area (Å²) in [5.74, 6) is -1.34. The maximum absolute atomic E-state index is 11.6. The van der Waals surface area contributed by atoms with Gasteiger partial charge in [-0.05, 0) is 0 Å². The highest BCUT2D eigenvalue weighted by Crippen LogP contribution is 2.02. The van der Waals surface area contributed by atoms with Crippen LogP contribution >= 0.6 is 0 Å². The molecule has 0 saturated carbocycles. The molecule has 6 nitrogen and oxygen atoms in total. The van der Waals surface area contributed by atoms with Crippen LogP contribution in [0.5, 0.6) is 0 Å². The monoisotopic (exact) mass is 242 g/mol. The van der Waals surface area contributed by atoms with Crippen molar-refractivity contribution < 1.29 is 19.4 Å². The number of hydrogen-bond acceptors (Lipinski definition) is 4. The molecule has 17 heavy (non-hydrogen) atoms. The third kappa shape index (κ3) is 4.97. The fraction of sp³-hybridized carbons (Fsp3) is 0.636. The maximum Gasteiger partial charge on any atom is 0.328 e. The fourth-order valence-electron chi connectivity index (χ4n) is 1.66. The number of aliphatic carboxylic acids is 1. The second kappa shape index (κ2) is 7.03. The quantitative estimate of drug-likeness (QED) is 0.653. The highest BCUT2D eigenvalue weighted by Gasteiger charge is 2.19. The number of methoxy groups -OCH3 is 1. The van der Waals surface area contributed by atoms with Crippen molar-refractivity contribution >= 4 is 11.9 Å². The van der Waals surface area contributed by atoms with E-state index in [0.29, 0.717) is 19.7 Å². The Hall–Kier alpha value is -1.40. The van der Waals surface area contributed by atoms with Crippen LogP contribution in [0.1, 0.15) is 0 Å². The van der Waals surface area contributed by atoms with Gasteiger partial charge in [-0.3, -0.25) is 9.69 Å². The first-order valence-corrected chi connectivity index (χ1v) is 5.54. The van der Waals surface area contributed by atoms with Gasteiger partial charge in [-0.15, -0.1) is 0 Å². The number of piperazine rings is 1. The Labute approximate surface area is 100 Å². The molecule has 0 aromatic rings. The average Bonchev–Trinajstić information content (AvgIpc) is 2.34. The molecule has 1 aliphatic heterocycles. The van der Waals surface area contributed by atoms with Gasteiger partial charge in [0.25, 0.3) is 0 Å². The predicted octanol–water partition coefficient (Wildman–Crippen LogP) is -0.582. The number of nitrogens with zero attached hydrogens (tertiary/aromatic N) is 2. The minimum absolute atomic E-state index is 0.237. The minimum Gasteiger partial charge on any atom is -0.478 e. The van der Waals surface area contributed by atoms with E-state index < -0.39 is 5.97 Å². The zero-order valence-electron chi connectivity index (χ0n) is 9.96. The van der Waals surface area contributed by atoms with Gasteiger partial charge in [0.2, 0.25) is 5.91 Å². The highest BCUT2D eigenvalue weighted by molar-refractivity contribution is 5.93. The van der Waals surface area contributed by atoms with E-state index in [2.05, 4.69) is 4.90 Å². The van der Waals surface area contributed by atoms with Crippen molar-refractivity contribution in [2.75, 3.05) is 46.4 Å². The van der Waals surface area contributed by atoms with Gasteiger partial charge in [-0.1, -0.05) is 0 Å². The van der Waals surface area contributed by atoms with E-state index in [1.165, 1.54) is 0 Å². The third-order valence-corrected chi connectivity index (χ3v) is 2.66. The van der Waals surface area contributed by atoms with Gasteiger partial charge >= 0.3 is 5.97 Å². The third-order valence-electron chi connectivity index (χ3n) is 2.66. The van der Waals surface area contributed by atoms with Crippen molar-refractivity contribution in [2.45, 2.75) is 0 Å². The lowest BCUT2D eigenvalue weighted by atomic mass is 10.3. The second-order valence-electron chi connectivity index (χ2n) is 3.83. The molecule has 6 heteroatoms. The molecule has 0 aliphatic carbocycles. The summed E-state index contributed by atoms with van der Waals surface area (Å²) < 4.78 is 4.99. The molecule has 1 N–H and O–H groups in total. The Balaban J connectivity index is 2.31. The summed E-state index contributed by atoms with van der Waals surface area (Å²) in [5, 5.41) is 8.42. The molecular weight excluding hydrogens is 224 g/mol. The lowest BCUT2D eigenvalue weighted by Gasteiger charge is -2.33. The van der Waals surface area contributed by atoms with Crippen LogP contribution in [-0.4, -0.2) is 73.2 Å². The molecule has 0 unspecified atom stereocenters. The Bertz CT molecular complexity index is 296. The van der Waals surface area contributed by atoms with Crippen LogP contribution in [0.25, 0.3) is 0 Å². The van der Waals surface area contributed by atoms with Crippen LogP contribution in [0, 0.1) is 0 Å². The lowest BCUT2D eigenvalue weighted by molar-refractivity contribution is -0.132. The lowest BCUT2D eigenvalue weighted by Crippen LogP contribution is -2.49. The maximum atomic E-state index is 11.6. The first kappa shape index (κ1) is 13.7. The van der Waals surface area contributed by atoms with E-state index >= 15 is 0 Å². The zero-order valence-corrected chi connectivity index (χ0v) is 9.96. The summed E-state index contributed by atoms with van der Waals surface area (Å²) in [6.45, 7) is 4.42. The molecule has 0 bridgehead atoms. The van der Waals surface area contributed by atoms with Crippen LogP contribution in [0.2, 0.25) is 0 Å². The molecule has 1 fully saturated rings. The molecule has 96 valence electrons. The van der Waals surface area contributed by atoms with Crippen LogP contribution < -0.4 is 0 Å². The van der Waals surface area contributed by atoms with Crippen molar-refractivity contribution in [3.8, 4) is 0 Å². The van der Waals surface area contributed by atoms with Crippen LogP contribution in [0.3, 0.4) is 0 Å². The van der Waals surface area contributed by atoms with Crippen LogP contribution in [0.15, 0.2) is 12.2 Å². The highest BCUT2D eigenvalue weighted by atomic mass is 16.5. The second-order valence-corrected chi connectivity index (χ2v) is 3.83. The predicted molar refractivity (Wildman–Crippen MR) is 61.7 cm³/mol. The zero-order chi connectivity index (χ0) is 12.7. The molecule has 0 atom stereocenters. The average molecular weight is 242 g/mol. The van der Waals surface area contributed by atoms with E-state index in [1.807, 2.05) is 0 Å². The van der Waals surface area contributed by atoms with E-state index in [4.69, 9.17) is 9.84 Å². The van der Waals surface area contributed by atoms with Gasteiger partial charge in [0.1, 0.15) is 0 Å². The number of hydrogen-bond donors (Lipinski definition) is 1. The molecule has 1 rings (SSSR count). The summed E-state index contributed by atoms with van der Waals surface area (Å²) in [7, 11) is 1.66. The molecule has 1 heterocycles. The number of carbonyl (C=O) groups excluding carboxylic acids is 1. The van der Waals surface area contributed by atoms with Crippen molar-refractivity contribution in [3.63, 3.8) is 0 Å². The first-order valence-electron chi connectivity index (χ1n) is 5.54. The molecular formula is C11H18N2O4. The fourth-order valence-corrected chi connectivity index (χ4v) is 1.66. The van der Waals surface area contributed by atoms with Gasteiger partial charge in [0.15, 0.2) is 0 Å². The summed E-state index contributed by atoms with van der Waals surface area (Å²) in [4.78, 5) is 25.7. The Morgan fingerprint density at radius 1 is 1.24 bits per heavy atom. The molecule has 0 spiro atoms. The topological polar surface area (TPSA) is 70.1 Å². The molecule has 1 aliphatic rings. The molecule has 0 aromatic carbocycles. The smallest absolute Gasteiger partial charge is 0.328 e. The van der Waals surface area contributed by atoms with E-state index in [1.54, 1.807) is 12.0 Å². The van der Waals surface area contributed by atoms with E-state index in [0.717, 1.165) is 31.8 Å². The molecule has 0 radical (unpaired) electrons. The van der Waals surface area contributed by atoms with Crippen LogP contribution in [-0.2, 0) is 14.3 Å². The van der Waals surface area contributed by atoms with Crippen molar-refractivity contribution in [3.05, 3.63) is 12.2 Å². The van der Waals surface area contributed by atoms with E-state index in [-0.39, 0.29) is 5.91 Å². The number of carboxylic acid groups (broad SMARTS) is 1. The largest absolute Gasteiger partial charge is 0.478 e. The standard InChI is InChI=1S/C11H18N2O4/c1-17-9-8-12-4-6-13(7-5-12)10(14)2-3-11(15)16/h2-3H,4-9H2,1H3,(H,15,16)/b3-2+. The Kier molecular flexibility index (Phi) is 5.65. The molecule has 1 saturated heterocycles. The summed E-state index contributed by atoms with van der Waals surface area (Å²) >= 11 is 0. The molecule has 1 amide bonds. The number of ether oxygens (including phenoxy) is 1. The number of carbonyl (C=O) groups is 2. The van der Waals surface area contributed by atoms with Gasteiger partial charge in [0, 0.05) is 52.0 Å². The van der Waals surface area contributed by atoms with Gasteiger partial charge in [-0.25, -0.2) is 4.79 Å². The summed E-state index contributed by atoms with van der Waals surface area (Å²) in [6.07, 6.45) is 1.98. The van der Waals surface area contributed by atoms with Gasteiger partial charge in [0.05, 0.1) is 6.61 Å². The van der Waals surface area contributed by atoms with Crippen molar-refractivity contribution in [1.82, 2.24) is 9.80 Å². The van der Waals surface area contributed by atoms with Crippen molar-refractivity contribution in [1.29, 1.82) is 0 Å². The van der Waals surface area contributed by atoms with Crippen LogP contribution in [0.4, 0.5) is 0 Å². The SMILES string of the molecule is COCCN1CCN(C(=O)/C=C/C(=O)O)CC1. The number of carboxylic acids is 1. The number of amides is 1. The van der Waals surface area contributed by atoms with Crippen molar-refractivity contribution in [2.24, 2.45) is 0 Å². The number of rotatable bonds is 5. The normalized spacial score (nSPS) is 17.6. The van der Waals surface area contributed by atoms with Gasteiger partial charge in [-0.2, -0.15) is 0 Å². The summed E-state index contributed by atoms with van der Waals surface area (Å²) in [6, 6.07) is 0. The van der Waals surface area contributed by atoms with Gasteiger partial charge < -0.3 is 14.7 Å². The Morgan fingerprint density at radius 3 is 2.41 bits per heavy atom. The molecule has 0 aromatic heterocycles. The Morgan fingerprint density at radius 2 is 1.88 bits per heavy atom. The summed E-state index contributed by atoms with van der Waals surface area (Å²) in [5.41, 5.74) is 0. The first-order chi connectivity index (χ1) is 8.13.